The fourth-order valence-electron chi connectivity index (χ4n) is 2.74. The van der Waals surface area contributed by atoms with Crippen LogP contribution >= 0.6 is 0 Å². The van der Waals surface area contributed by atoms with Crippen LogP contribution in [0, 0.1) is 11.8 Å². The molecule has 0 radical (unpaired) electrons. The third-order valence-corrected chi connectivity index (χ3v) is 5.35. The molecule has 5 nitrogen and oxygen atoms in total. The van der Waals surface area contributed by atoms with E-state index in [0.717, 1.165) is 6.42 Å². The highest BCUT2D eigenvalue weighted by Gasteiger charge is 2.26. The molecule has 1 aliphatic rings. The van der Waals surface area contributed by atoms with Crippen molar-refractivity contribution >= 4 is 15.7 Å². The summed E-state index contributed by atoms with van der Waals surface area (Å²) in [6.07, 6.45) is 5.00. The Labute approximate surface area is 121 Å². The van der Waals surface area contributed by atoms with Gasteiger partial charge in [0.1, 0.15) is 0 Å². The van der Waals surface area contributed by atoms with Gasteiger partial charge in [0.15, 0.2) is 5.03 Å². The number of rotatable bonds is 6. The molecule has 0 saturated heterocycles. The third kappa shape index (κ3) is 3.49. The van der Waals surface area contributed by atoms with Gasteiger partial charge in [-0.25, -0.2) is 18.1 Å². The van der Waals surface area contributed by atoms with E-state index in [1.165, 1.54) is 19.0 Å². The van der Waals surface area contributed by atoms with Gasteiger partial charge in [-0.3, -0.25) is 0 Å². The second-order valence-electron chi connectivity index (χ2n) is 5.41. The van der Waals surface area contributed by atoms with Crippen molar-refractivity contribution in [2.75, 3.05) is 18.4 Å². The first-order valence-electron chi connectivity index (χ1n) is 7.23. The molecule has 1 saturated carbocycles. The number of sulfonamides is 1. The molecule has 1 aliphatic carbocycles. The molecule has 0 bridgehead atoms. The molecule has 1 aromatic rings. The molecule has 2 unspecified atom stereocenters. The molecule has 2 N–H and O–H groups in total. The third-order valence-electron chi connectivity index (χ3n) is 3.97. The maximum atomic E-state index is 12.4. The van der Waals surface area contributed by atoms with Crippen molar-refractivity contribution in [3.63, 3.8) is 0 Å². The highest BCUT2D eigenvalue weighted by Crippen LogP contribution is 2.30. The summed E-state index contributed by atoms with van der Waals surface area (Å²) in [6.45, 7) is 5.29. The zero-order valence-corrected chi connectivity index (χ0v) is 12.9. The van der Waals surface area contributed by atoms with E-state index in [2.05, 4.69) is 21.9 Å². The Bertz CT molecular complexity index is 545. The van der Waals surface area contributed by atoms with Crippen LogP contribution in [0.15, 0.2) is 23.4 Å². The topological polar surface area (TPSA) is 71.1 Å². The Balaban J connectivity index is 2.10. The maximum absolute atomic E-state index is 12.4. The van der Waals surface area contributed by atoms with Gasteiger partial charge in [-0.05, 0) is 37.3 Å². The van der Waals surface area contributed by atoms with Crippen molar-refractivity contribution in [2.45, 2.75) is 38.1 Å². The van der Waals surface area contributed by atoms with Gasteiger partial charge in [0.05, 0.1) is 5.69 Å². The van der Waals surface area contributed by atoms with Crippen LogP contribution < -0.4 is 10.0 Å². The predicted molar refractivity (Wildman–Crippen MR) is 80.1 cm³/mol. The first-order valence-corrected chi connectivity index (χ1v) is 8.71. The van der Waals surface area contributed by atoms with Crippen molar-refractivity contribution in [3.8, 4) is 0 Å². The molecule has 0 amide bonds. The highest BCUT2D eigenvalue weighted by atomic mass is 32.2. The van der Waals surface area contributed by atoms with Crippen LogP contribution in [-0.2, 0) is 10.0 Å². The smallest absolute Gasteiger partial charge is 0.260 e. The van der Waals surface area contributed by atoms with E-state index in [0.29, 0.717) is 30.6 Å². The van der Waals surface area contributed by atoms with Crippen molar-refractivity contribution < 1.29 is 8.42 Å². The van der Waals surface area contributed by atoms with Gasteiger partial charge in [-0.1, -0.05) is 19.8 Å². The largest absolute Gasteiger partial charge is 0.383 e. The van der Waals surface area contributed by atoms with E-state index >= 15 is 0 Å². The molecular weight excluding hydrogens is 274 g/mol. The van der Waals surface area contributed by atoms with Crippen LogP contribution in [0.5, 0.6) is 0 Å². The Morgan fingerprint density at radius 2 is 2.20 bits per heavy atom. The summed E-state index contributed by atoms with van der Waals surface area (Å²) in [5.41, 5.74) is 0.557. The summed E-state index contributed by atoms with van der Waals surface area (Å²) in [4.78, 5) is 4.02. The van der Waals surface area contributed by atoms with Crippen molar-refractivity contribution in [1.82, 2.24) is 9.71 Å². The zero-order valence-electron chi connectivity index (χ0n) is 12.1. The molecule has 6 heteroatoms. The maximum Gasteiger partial charge on any atom is 0.260 e. The van der Waals surface area contributed by atoms with Crippen LogP contribution in [-0.4, -0.2) is 26.5 Å². The number of hydrogen-bond donors (Lipinski definition) is 2. The van der Waals surface area contributed by atoms with Gasteiger partial charge in [-0.15, -0.1) is 0 Å². The van der Waals surface area contributed by atoms with Crippen molar-refractivity contribution in [2.24, 2.45) is 11.8 Å². The van der Waals surface area contributed by atoms with Crippen LogP contribution in [0.25, 0.3) is 0 Å². The lowest BCUT2D eigenvalue weighted by Gasteiger charge is -2.17. The molecule has 1 aromatic heterocycles. The molecule has 20 heavy (non-hydrogen) atoms. The molecule has 1 heterocycles. The lowest BCUT2D eigenvalue weighted by molar-refractivity contribution is 0.414. The molecule has 2 rings (SSSR count). The molecule has 2 atom stereocenters. The Morgan fingerprint density at radius 1 is 1.40 bits per heavy atom. The summed E-state index contributed by atoms with van der Waals surface area (Å²) in [7, 11) is -3.55. The minimum Gasteiger partial charge on any atom is -0.383 e. The van der Waals surface area contributed by atoms with E-state index in [4.69, 9.17) is 0 Å². The SMILES string of the molecule is CCNc1cccnc1S(=O)(=O)NCC1CCCC1C. The Hall–Kier alpha value is -1.14. The van der Waals surface area contributed by atoms with Gasteiger partial charge < -0.3 is 5.32 Å². The minimum atomic E-state index is -3.55. The number of aromatic nitrogens is 1. The standard InChI is InChI=1S/C14H23N3O2S/c1-3-15-13-8-5-9-16-14(13)20(18,19)17-10-12-7-4-6-11(12)2/h5,8-9,11-12,15,17H,3-4,6-7,10H2,1-2H3. The van der Waals surface area contributed by atoms with Gasteiger partial charge >= 0.3 is 0 Å². The second-order valence-corrected chi connectivity index (χ2v) is 7.09. The Kier molecular flexibility index (Phi) is 4.99. The lowest BCUT2D eigenvalue weighted by Crippen LogP contribution is -2.31. The Morgan fingerprint density at radius 3 is 2.85 bits per heavy atom. The van der Waals surface area contributed by atoms with Gasteiger partial charge in [-0.2, -0.15) is 0 Å². The van der Waals surface area contributed by atoms with Gasteiger partial charge in [0.2, 0.25) is 0 Å². The van der Waals surface area contributed by atoms with E-state index in [1.807, 2.05) is 6.92 Å². The van der Waals surface area contributed by atoms with Gasteiger partial charge in [0, 0.05) is 19.3 Å². The molecule has 1 fully saturated rings. The average molecular weight is 297 g/mol. The second kappa shape index (κ2) is 6.54. The quantitative estimate of drug-likeness (QED) is 0.844. The van der Waals surface area contributed by atoms with Crippen molar-refractivity contribution in [1.29, 1.82) is 0 Å². The molecule has 0 spiro atoms. The van der Waals surface area contributed by atoms with Crippen LogP contribution in [0.1, 0.15) is 33.1 Å². The van der Waals surface area contributed by atoms with Gasteiger partial charge in [0.25, 0.3) is 10.0 Å². The van der Waals surface area contributed by atoms with Crippen molar-refractivity contribution in [3.05, 3.63) is 18.3 Å². The lowest BCUT2D eigenvalue weighted by atomic mass is 9.99. The van der Waals surface area contributed by atoms with Crippen LogP contribution in [0.3, 0.4) is 0 Å². The average Bonchev–Trinajstić information content (AvgIpc) is 2.83. The number of hydrogen-bond acceptors (Lipinski definition) is 4. The van der Waals surface area contributed by atoms with E-state index in [9.17, 15) is 8.42 Å². The summed E-state index contributed by atoms with van der Waals surface area (Å²) in [6, 6.07) is 3.47. The first-order chi connectivity index (χ1) is 9.54. The van der Waals surface area contributed by atoms with E-state index in [1.54, 1.807) is 12.1 Å². The number of pyridine rings is 1. The normalized spacial score (nSPS) is 22.9. The number of nitrogens with one attached hydrogen (secondary N) is 2. The van der Waals surface area contributed by atoms with Crippen LogP contribution in [0.2, 0.25) is 0 Å². The molecule has 112 valence electrons. The number of anilines is 1. The fourth-order valence-corrected chi connectivity index (χ4v) is 3.94. The number of nitrogens with zero attached hydrogens (tertiary/aromatic N) is 1. The summed E-state index contributed by atoms with van der Waals surface area (Å²) >= 11 is 0. The summed E-state index contributed by atoms with van der Waals surface area (Å²) < 4.78 is 27.5. The highest BCUT2D eigenvalue weighted by molar-refractivity contribution is 7.89. The van der Waals surface area contributed by atoms with E-state index in [-0.39, 0.29) is 5.03 Å². The molecule has 0 aliphatic heterocycles. The zero-order chi connectivity index (χ0) is 14.6. The first kappa shape index (κ1) is 15.3. The van der Waals surface area contributed by atoms with E-state index < -0.39 is 10.0 Å². The molecule has 0 aromatic carbocycles. The fraction of sp³-hybridized carbons (Fsp3) is 0.643. The van der Waals surface area contributed by atoms with Crippen LogP contribution in [0.4, 0.5) is 5.69 Å². The summed E-state index contributed by atoms with van der Waals surface area (Å²) in [5.74, 6) is 1.03. The summed E-state index contributed by atoms with van der Waals surface area (Å²) in [5, 5.41) is 3.13. The molecular formula is C14H23N3O2S. The predicted octanol–water partition coefficient (Wildman–Crippen LogP) is 2.23. The monoisotopic (exact) mass is 297 g/mol. The minimum absolute atomic E-state index is 0.0903.